The van der Waals surface area contributed by atoms with E-state index >= 15 is 0 Å². The number of hydrogen-bond acceptors (Lipinski definition) is 12. The summed E-state index contributed by atoms with van der Waals surface area (Å²) in [5, 5.41) is 10.7. The first-order chi connectivity index (χ1) is 25.8. The smallest absolute Gasteiger partial charge is 0.312 e. The third-order valence-corrected chi connectivity index (χ3v) is 8.05. The van der Waals surface area contributed by atoms with Crippen LogP contribution in [0, 0.1) is 11.8 Å². The second-order valence-electron chi connectivity index (χ2n) is 12.9. The Labute approximate surface area is 315 Å². The summed E-state index contributed by atoms with van der Waals surface area (Å²) in [4.78, 5) is 86.3. The maximum absolute atomic E-state index is 13.3. The van der Waals surface area contributed by atoms with E-state index in [4.69, 9.17) is 29.4 Å². The van der Waals surface area contributed by atoms with Crippen molar-refractivity contribution >= 4 is 47.2 Å². The highest BCUT2D eigenvalue weighted by Gasteiger charge is 2.35. The lowest BCUT2D eigenvalue weighted by Gasteiger charge is -2.25. The molecule has 18 nitrogen and oxygen atoms in total. The number of urea groups is 1. The zero-order valence-corrected chi connectivity index (χ0v) is 31.6. The van der Waals surface area contributed by atoms with Crippen molar-refractivity contribution in [3.63, 3.8) is 0 Å². The number of likely N-dealkylation sites (tertiary alicyclic amines) is 1. The molecule has 1 aliphatic heterocycles. The summed E-state index contributed by atoms with van der Waals surface area (Å²) in [7, 11) is 0. The number of nitrogens with zero attached hydrogens (tertiary/aromatic N) is 1. The Hall–Kier alpha value is -4.65. The monoisotopic (exact) mass is 764 g/mol. The molecule has 0 saturated carbocycles. The fourth-order valence-corrected chi connectivity index (χ4v) is 5.09. The van der Waals surface area contributed by atoms with Crippen LogP contribution < -0.4 is 27.0 Å². The van der Waals surface area contributed by atoms with Crippen LogP contribution in [0.4, 0.5) is 10.5 Å². The van der Waals surface area contributed by atoms with Crippen molar-refractivity contribution < 1.29 is 57.2 Å². The maximum Gasteiger partial charge on any atom is 0.312 e. The highest BCUT2D eigenvalue weighted by atomic mass is 16.6. The van der Waals surface area contributed by atoms with E-state index in [2.05, 4.69) is 21.3 Å². The van der Waals surface area contributed by atoms with E-state index < -0.39 is 41.8 Å². The molecule has 0 radical (unpaired) electrons. The summed E-state index contributed by atoms with van der Waals surface area (Å²) in [6.07, 6.45) is 0.744. The van der Waals surface area contributed by atoms with E-state index in [1.807, 2.05) is 0 Å². The van der Waals surface area contributed by atoms with Crippen molar-refractivity contribution in [1.82, 2.24) is 20.9 Å². The van der Waals surface area contributed by atoms with Gasteiger partial charge in [0, 0.05) is 37.9 Å². The Morgan fingerprint density at radius 2 is 1.44 bits per heavy atom. The van der Waals surface area contributed by atoms with E-state index in [1.54, 1.807) is 45.0 Å². The molecule has 54 heavy (non-hydrogen) atoms. The molecule has 1 aromatic carbocycles. The zero-order chi connectivity index (χ0) is 39.9. The fraction of sp³-hybridized carbons (Fsp3) is 0.639. The van der Waals surface area contributed by atoms with Crippen LogP contribution in [0.2, 0.25) is 0 Å². The van der Waals surface area contributed by atoms with Crippen LogP contribution in [0.15, 0.2) is 24.3 Å². The number of nitrogens with one attached hydrogen (secondary N) is 4. The Kier molecular flexibility index (Phi) is 21.4. The molecule has 6 N–H and O–H groups in total. The molecule has 1 heterocycles. The first kappa shape index (κ1) is 45.5. The van der Waals surface area contributed by atoms with Crippen molar-refractivity contribution in [2.24, 2.45) is 17.6 Å². The first-order valence-electron chi connectivity index (χ1n) is 18.1. The minimum atomic E-state index is -0.997. The van der Waals surface area contributed by atoms with Crippen LogP contribution >= 0.6 is 0 Å². The molecule has 1 fully saturated rings. The summed E-state index contributed by atoms with van der Waals surface area (Å²) >= 11 is 0. The molecule has 302 valence electrons. The number of ether oxygens (including phenoxy) is 5. The van der Waals surface area contributed by atoms with Gasteiger partial charge in [0.25, 0.3) is 0 Å². The molecule has 1 aliphatic rings. The molecule has 0 aliphatic carbocycles. The van der Waals surface area contributed by atoms with Crippen LogP contribution in [0.1, 0.15) is 58.9 Å². The lowest BCUT2D eigenvalue weighted by atomic mass is 10.0. The van der Waals surface area contributed by atoms with Crippen LogP contribution in [0.5, 0.6) is 0 Å². The molecule has 2 rings (SSSR count). The van der Waals surface area contributed by atoms with Gasteiger partial charge in [-0.25, -0.2) is 4.79 Å². The summed E-state index contributed by atoms with van der Waals surface area (Å²) < 4.78 is 26.8. The number of carbonyl (C=O) groups excluding carboxylic acids is 7. The Morgan fingerprint density at radius 1 is 0.852 bits per heavy atom. The van der Waals surface area contributed by atoms with E-state index in [0.717, 1.165) is 5.56 Å². The Morgan fingerprint density at radius 3 is 1.98 bits per heavy atom. The number of esters is 1. The number of imide groups is 1. The van der Waals surface area contributed by atoms with Gasteiger partial charge < -0.3 is 50.7 Å². The first-order valence-corrected chi connectivity index (χ1v) is 18.1. The van der Waals surface area contributed by atoms with Gasteiger partial charge in [-0.15, -0.1) is 0 Å². The van der Waals surface area contributed by atoms with Crippen molar-refractivity contribution in [3.8, 4) is 0 Å². The molecule has 1 aromatic rings. The second kappa shape index (κ2) is 25.4. The van der Waals surface area contributed by atoms with E-state index in [-0.39, 0.29) is 89.0 Å². The average Bonchev–Trinajstić information content (AvgIpc) is 3.36. The van der Waals surface area contributed by atoms with E-state index in [9.17, 15) is 33.6 Å². The predicted molar refractivity (Wildman–Crippen MR) is 194 cm³/mol. The van der Waals surface area contributed by atoms with Crippen molar-refractivity contribution in [2.45, 2.75) is 72.1 Å². The number of hydrogen-bond donors (Lipinski definition) is 5. The summed E-state index contributed by atoms with van der Waals surface area (Å²) in [5.74, 6) is -2.78. The number of carbonyl (C=O) groups is 7. The van der Waals surface area contributed by atoms with Gasteiger partial charge >= 0.3 is 12.0 Å². The summed E-state index contributed by atoms with van der Waals surface area (Å²) in [5.41, 5.74) is 6.31. The second-order valence-corrected chi connectivity index (χ2v) is 12.9. The SMILES string of the molecule is CC(=O)OCc1ccc(NC(=O)[C@H](CCCNC(N)=O)NC(=O)[C@@H](NC(=O)CCOCCOCCOCCOCCN2C(=O)CC(C)C2=O)C(C)C)cc1. The van der Waals surface area contributed by atoms with Gasteiger partial charge in [0.2, 0.25) is 29.5 Å². The molecule has 3 atom stereocenters. The van der Waals surface area contributed by atoms with Gasteiger partial charge in [0.05, 0.1) is 59.4 Å². The zero-order valence-electron chi connectivity index (χ0n) is 31.6. The highest BCUT2D eigenvalue weighted by Crippen LogP contribution is 2.18. The molecule has 18 heteroatoms. The molecule has 7 amide bonds. The maximum atomic E-state index is 13.3. The Balaban J connectivity index is 1.67. The normalized spacial score (nSPS) is 15.1. The van der Waals surface area contributed by atoms with Crippen LogP contribution in [-0.2, 0) is 59.1 Å². The average molecular weight is 765 g/mol. The van der Waals surface area contributed by atoms with Gasteiger partial charge in [-0.2, -0.15) is 0 Å². The van der Waals surface area contributed by atoms with Crippen LogP contribution in [0.3, 0.4) is 0 Å². The number of nitrogens with two attached hydrogens (primary N) is 1. The van der Waals surface area contributed by atoms with Gasteiger partial charge in [-0.05, 0) is 36.5 Å². The number of primary amides is 1. The molecular formula is C36H56N6O12. The van der Waals surface area contributed by atoms with E-state index in [0.29, 0.717) is 38.5 Å². The quantitative estimate of drug-likeness (QED) is 0.0470. The molecule has 0 aromatic heterocycles. The summed E-state index contributed by atoms with van der Waals surface area (Å²) in [6, 6.07) is 4.01. The number of rotatable bonds is 27. The molecule has 0 bridgehead atoms. The van der Waals surface area contributed by atoms with Gasteiger partial charge in [-0.1, -0.05) is 32.9 Å². The van der Waals surface area contributed by atoms with Crippen molar-refractivity contribution in [1.29, 1.82) is 0 Å². The largest absolute Gasteiger partial charge is 0.461 e. The van der Waals surface area contributed by atoms with Gasteiger partial charge in [0.15, 0.2) is 0 Å². The topological polar surface area (TPSA) is 243 Å². The van der Waals surface area contributed by atoms with Crippen LogP contribution in [-0.4, -0.2) is 124 Å². The standard InChI is InChI=1S/C36H56N6O12/c1-24(2)32(34(47)40-29(6-5-12-38-36(37)49)33(46)39-28-9-7-27(8-10-28)23-54-26(4)43)41-30(44)11-14-50-16-18-52-20-21-53-19-17-51-15-13-42-31(45)22-25(3)35(42)48/h7-10,24-25,29,32H,5-6,11-23H2,1-4H3,(H,39,46)(H,40,47)(H,41,44)(H3,37,38,49)/t25?,29-,32-/m0/s1. The van der Waals surface area contributed by atoms with Crippen molar-refractivity contribution in [3.05, 3.63) is 29.8 Å². The fourth-order valence-electron chi connectivity index (χ4n) is 5.09. The minimum absolute atomic E-state index is 0.00509. The molecular weight excluding hydrogens is 708 g/mol. The molecule has 0 spiro atoms. The van der Waals surface area contributed by atoms with E-state index in [1.165, 1.54) is 11.8 Å². The number of amides is 7. The number of anilines is 1. The third kappa shape index (κ3) is 18.4. The lowest BCUT2D eigenvalue weighted by Crippen LogP contribution is -2.54. The summed E-state index contributed by atoms with van der Waals surface area (Å²) in [6.45, 7) is 9.28. The minimum Gasteiger partial charge on any atom is -0.461 e. The van der Waals surface area contributed by atoms with Crippen LogP contribution in [0.25, 0.3) is 0 Å². The molecule has 1 unspecified atom stereocenters. The number of benzene rings is 1. The van der Waals surface area contributed by atoms with Gasteiger partial charge in [0.1, 0.15) is 18.7 Å². The van der Waals surface area contributed by atoms with Gasteiger partial charge in [-0.3, -0.25) is 33.7 Å². The highest BCUT2D eigenvalue weighted by molar-refractivity contribution is 6.03. The third-order valence-electron chi connectivity index (χ3n) is 8.05. The molecule has 1 saturated heterocycles. The lowest BCUT2D eigenvalue weighted by molar-refractivity contribution is -0.142. The Bertz CT molecular complexity index is 1380. The predicted octanol–water partition coefficient (Wildman–Crippen LogP) is 0.614. The van der Waals surface area contributed by atoms with Crippen molar-refractivity contribution in [2.75, 3.05) is 71.3 Å².